The quantitative estimate of drug-likeness (QED) is 0.356. The van der Waals surface area contributed by atoms with Crippen LogP contribution in [-0.4, -0.2) is 27.8 Å². The van der Waals surface area contributed by atoms with Crippen molar-refractivity contribution in [3.8, 4) is 5.69 Å². The van der Waals surface area contributed by atoms with Crippen molar-refractivity contribution in [2.45, 2.75) is 38.3 Å². The summed E-state index contributed by atoms with van der Waals surface area (Å²) in [6, 6.07) is 18.7. The molecule has 2 heterocycles. The fraction of sp³-hybridized carbons (Fsp3) is 0.258. The largest absolute Gasteiger partial charge is 0.345 e. The van der Waals surface area contributed by atoms with E-state index >= 15 is 4.39 Å². The molecule has 1 saturated carbocycles. The molecule has 0 bridgehead atoms. The molecule has 39 heavy (non-hydrogen) atoms. The van der Waals surface area contributed by atoms with E-state index in [2.05, 4.69) is 5.32 Å². The van der Waals surface area contributed by atoms with Gasteiger partial charge in [0.25, 0.3) is 11.5 Å². The topological polar surface area (TPSA) is 71.4 Å². The molecule has 0 radical (unpaired) electrons. The van der Waals surface area contributed by atoms with Crippen LogP contribution in [-0.2, 0) is 11.3 Å². The average molecular weight is 528 g/mol. The number of aromatic nitrogens is 1. The first-order valence-corrected chi connectivity index (χ1v) is 13.2. The Morgan fingerprint density at radius 3 is 2.44 bits per heavy atom. The van der Waals surface area contributed by atoms with Gasteiger partial charge in [0.15, 0.2) is 0 Å². The number of benzene rings is 3. The van der Waals surface area contributed by atoms with Gasteiger partial charge in [-0.15, -0.1) is 0 Å². The highest BCUT2D eigenvalue weighted by atomic mass is 19.1. The van der Waals surface area contributed by atoms with Gasteiger partial charge in [-0.25, -0.2) is 8.78 Å². The molecule has 2 fully saturated rings. The molecule has 0 unspecified atom stereocenters. The lowest BCUT2D eigenvalue weighted by Crippen LogP contribution is -2.36. The maximum absolute atomic E-state index is 15.2. The second-order valence-electron chi connectivity index (χ2n) is 10.2. The zero-order valence-corrected chi connectivity index (χ0v) is 21.2. The molecular weight excluding hydrogens is 500 g/mol. The first-order chi connectivity index (χ1) is 18.9. The minimum Gasteiger partial charge on any atom is -0.345 e. The van der Waals surface area contributed by atoms with Crippen molar-refractivity contribution in [2.75, 3.05) is 6.54 Å². The fourth-order valence-electron chi connectivity index (χ4n) is 5.57. The number of hydrogen-bond acceptors (Lipinski definition) is 3. The van der Waals surface area contributed by atoms with Gasteiger partial charge in [0, 0.05) is 24.0 Å². The molecule has 2 aliphatic rings. The lowest BCUT2D eigenvalue weighted by molar-refractivity contribution is -0.128. The molecule has 2 amide bonds. The van der Waals surface area contributed by atoms with Crippen LogP contribution in [0.3, 0.4) is 0 Å². The highest BCUT2D eigenvalue weighted by molar-refractivity contribution is 6.08. The summed E-state index contributed by atoms with van der Waals surface area (Å²) in [5.41, 5.74) is 0.957. The molecule has 1 aromatic heterocycles. The predicted molar refractivity (Wildman–Crippen MR) is 143 cm³/mol. The van der Waals surface area contributed by atoms with E-state index in [1.165, 1.54) is 28.8 Å². The Bertz CT molecular complexity index is 1650. The molecular formula is C31H27F2N3O3. The molecule has 1 aliphatic heterocycles. The minimum atomic E-state index is -0.732. The van der Waals surface area contributed by atoms with Crippen molar-refractivity contribution < 1.29 is 18.4 Å². The van der Waals surface area contributed by atoms with Gasteiger partial charge in [-0.05, 0) is 61.1 Å². The average Bonchev–Trinajstić information content (AvgIpc) is 3.69. The summed E-state index contributed by atoms with van der Waals surface area (Å²) >= 11 is 0. The zero-order chi connectivity index (χ0) is 27.1. The number of carbonyl (C=O) groups is 2. The van der Waals surface area contributed by atoms with Crippen LogP contribution < -0.4 is 10.9 Å². The number of nitrogens with zero attached hydrogens (tertiary/aromatic N) is 2. The van der Waals surface area contributed by atoms with Gasteiger partial charge in [-0.2, -0.15) is 0 Å². The predicted octanol–water partition coefficient (Wildman–Crippen LogP) is 5.27. The number of amides is 2. The standard InChI is InChI=1S/C31H27F2N3O3/c32-21-8-4-7-20(17-21)29(19-14-15-19)34-30(38)28-23-11-5-12-24(33)27(23)31(39)36(22-9-2-1-3-10-22)25(28)18-35-16-6-13-26(35)37/h1-5,7-12,17,19,29H,6,13-16,18H2,(H,34,38)/t29-/m0/s1. The number of carbonyl (C=O) groups excluding carboxylic acids is 2. The van der Waals surface area contributed by atoms with Crippen molar-refractivity contribution in [3.05, 3.63) is 112 Å². The highest BCUT2D eigenvalue weighted by Crippen LogP contribution is 2.41. The van der Waals surface area contributed by atoms with Crippen LogP contribution in [0.4, 0.5) is 8.78 Å². The highest BCUT2D eigenvalue weighted by Gasteiger charge is 2.36. The molecule has 0 spiro atoms. The zero-order valence-electron chi connectivity index (χ0n) is 21.2. The van der Waals surface area contributed by atoms with E-state index in [1.54, 1.807) is 53.4 Å². The van der Waals surface area contributed by atoms with Gasteiger partial charge in [-0.1, -0.05) is 42.5 Å². The number of pyridine rings is 1. The second-order valence-corrected chi connectivity index (χ2v) is 10.2. The molecule has 1 aliphatic carbocycles. The van der Waals surface area contributed by atoms with Crippen LogP contribution in [0, 0.1) is 17.6 Å². The van der Waals surface area contributed by atoms with Crippen LogP contribution in [0.5, 0.6) is 0 Å². The Balaban J connectivity index is 1.57. The second kappa shape index (κ2) is 10.1. The molecule has 1 atom stereocenters. The summed E-state index contributed by atoms with van der Waals surface area (Å²) in [4.78, 5) is 42.3. The van der Waals surface area contributed by atoms with Crippen molar-refractivity contribution in [1.82, 2.24) is 14.8 Å². The molecule has 1 saturated heterocycles. The normalized spacial score (nSPS) is 16.1. The van der Waals surface area contributed by atoms with Crippen molar-refractivity contribution in [2.24, 2.45) is 5.92 Å². The fourth-order valence-corrected chi connectivity index (χ4v) is 5.57. The molecule has 6 nitrogen and oxygen atoms in total. The van der Waals surface area contributed by atoms with Gasteiger partial charge in [0.2, 0.25) is 5.91 Å². The lowest BCUT2D eigenvalue weighted by Gasteiger charge is -2.25. The van der Waals surface area contributed by atoms with E-state index in [1.807, 2.05) is 0 Å². The third kappa shape index (κ3) is 4.71. The SMILES string of the molecule is O=C(N[C@H](c1cccc(F)c1)C1CC1)c1c(CN2CCCC2=O)n(-c2ccccc2)c(=O)c2c(F)cccc12. The third-order valence-corrected chi connectivity index (χ3v) is 7.60. The van der Waals surface area contributed by atoms with Crippen LogP contribution >= 0.6 is 0 Å². The van der Waals surface area contributed by atoms with Crippen molar-refractivity contribution >= 4 is 22.6 Å². The summed E-state index contributed by atoms with van der Waals surface area (Å²) in [5.74, 6) is -1.56. The van der Waals surface area contributed by atoms with E-state index in [4.69, 9.17) is 0 Å². The minimum absolute atomic E-state index is 0.0201. The van der Waals surface area contributed by atoms with Crippen LogP contribution in [0.2, 0.25) is 0 Å². The summed E-state index contributed by atoms with van der Waals surface area (Å²) in [5, 5.41) is 3.06. The molecule has 8 heteroatoms. The summed E-state index contributed by atoms with van der Waals surface area (Å²) in [6.45, 7) is 0.518. The van der Waals surface area contributed by atoms with Gasteiger partial charge in [0.1, 0.15) is 11.6 Å². The first kappa shape index (κ1) is 25.0. The Morgan fingerprint density at radius 2 is 1.74 bits per heavy atom. The van der Waals surface area contributed by atoms with Crippen LogP contribution in [0.1, 0.15) is 53.3 Å². The molecule has 198 valence electrons. The van der Waals surface area contributed by atoms with Gasteiger partial charge in [-0.3, -0.25) is 19.0 Å². The number of nitrogens with one attached hydrogen (secondary N) is 1. The van der Waals surface area contributed by atoms with E-state index in [-0.39, 0.29) is 34.7 Å². The number of halogens is 2. The third-order valence-electron chi connectivity index (χ3n) is 7.60. The van der Waals surface area contributed by atoms with E-state index in [0.29, 0.717) is 36.3 Å². The molecule has 1 N–H and O–H groups in total. The Kier molecular flexibility index (Phi) is 6.46. The number of likely N-dealkylation sites (tertiary alicyclic amines) is 1. The monoisotopic (exact) mass is 527 g/mol. The number of hydrogen-bond donors (Lipinski definition) is 1. The first-order valence-electron chi connectivity index (χ1n) is 13.2. The van der Waals surface area contributed by atoms with Gasteiger partial charge in [0.05, 0.1) is 29.2 Å². The molecule has 3 aromatic carbocycles. The van der Waals surface area contributed by atoms with E-state index in [0.717, 1.165) is 12.8 Å². The Hall–Kier alpha value is -4.33. The molecule has 6 rings (SSSR count). The molecule has 4 aromatic rings. The van der Waals surface area contributed by atoms with Crippen molar-refractivity contribution in [3.63, 3.8) is 0 Å². The summed E-state index contributed by atoms with van der Waals surface area (Å²) in [6.07, 6.45) is 2.84. The summed E-state index contributed by atoms with van der Waals surface area (Å²) in [7, 11) is 0. The number of fused-ring (bicyclic) bond motifs is 1. The van der Waals surface area contributed by atoms with E-state index < -0.39 is 29.1 Å². The maximum Gasteiger partial charge on any atom is 0.266 e. The smallest absolute Gasteiger partial charge is 0.266 e. The van der Waals surface area contributed by atoms with Gasteiger partial charge < -0.3 is 10.2 Å². The van der Waals surface area contributed by atoms with Crippen molar-refractivity contribution in [1.29, 1.82) is 0 Å². The number of para-hydroxylation sites is 1. The van der Waals surface area contributed by atoms with Crippen LogP contribution in [0.15, 0.2) is 77.6 Å². The Labute approximate surface area is 223 Å². The lowest BCUT2D eigenvalue weighted by atomic mass is 9.98. The summed E-state index contributed by atoms with van der Waals surface area (Å²) < 4.78 is 30.7. The maximum atomic E-state index is 15.2. The Morgan fingerprint density at radius 1 is 0.974 bits per heavy atom. The van der Waals surface area contributed by atoms with Crippen LogP contribution in [0.25, 0.3) is 16.5 Å². The van der Waals surface area contributed by atoms with Gasteiger partial charge >= 0.3 is 0 Å². The number of rotatable bonds is 7. The van der Waals surface area contributed by atoms with E-state index in [9.17, 15) is 18.8 Å².